The van der Waals surface area contributed by atoms with E-state index in [1.807, 2.05) is 0 Å². The van der Waals surface area contributed by atoms with Gasteiger partial charge in [-0.15, -0.1) is 0 Å². The van der Waals surface area contributed by atoms with Crippen LogP contribution < -0.4 is 5.32 Å². The molecular formula is C20H28N2O4. The number of Topliss-reactive ketones (excluding diaryl/α,β-unsaturated/α-hetero) is 1. The number of hydrogen-bond donors (Lipinski definition) is 2. The Morgan fingerprint density at radius 2 is 2.04 bits per heavy atom. The zero-order chi connectivity index (χ0) is 21.3. The Morgan fingerprint density at radius 1 is 1.38 bits per heavy atom. The highest BCUT2D eigenvalue weighted by Gasteiger charge is 2.32. The van der Waals surface area contributed by atoms with Gasteiger partial charge in [0, 0.05) is 27.3 Å². The summed E-state index contributed by atoms with van der Waals surface area (Å²) in [7, 11) is 1.56. The van der Waals surface area contributed by atoms with Crippen LogP contribution in [0.25, 0.3) is 0 Å². The van der Waals surface area contributed by atoms with Crippen molar-refractivity contribution in [2.24, 2.45) is 11.8 Å². The Bertz CT molecular complexity index is 781. The molecule has 1 heterocycles. The molecule has 0 fully saturated rings. The van der Waals surface area contributed by atoms with Gasteiger partial charge in [0.05, 0.1) is 1.37 Å². The van der Waals surface area contributed by atoms with Gasteiger partial charge in [-0.05, 0) is 23.5 Å². The lowest BCUT2D eigenvalue weighted by atomic mass is 9.94. The summed E-state index contributed by atoms with van der Waals surface area (Å²) in [5.41, 5.74) is 1.13. The van der Waals surface area contributed by atoms with Gasteiger partial charge < -0.3 is 15.3 Å². The van der Waals surface area contributed by atoms with E-state index in [0.29, 0.717) is 18.5 Å². The molecular weight excluding hydrogens is 332 g/mol. The van der Waals surface area contributed by atoms with Crippen LogP contribution in [0.2, 0.25) is 0 Å². The summed E-state index contributed by atoms with van der Waals surface area (Å²) in [5.74, 6) is -4.40. The lowest BCUT2D eigenvalue weighted by molar-refractivity contribution is -0.137. The standard InChI is InChI=1S/C20H28N2O4/c1-12(2)18(24)16(23)11-13(3)19(25)21-17-15-8-6-5-7-14(15)9-10-22(4)20(17)26/h5-8,12-13,17-18,24H,9-11H2,1-4H3,(H,21,25)/t13-,17+,18+/m1/s1/i13D,17D. The number of nitrogens with one attached hydrogen (secondary N) is 1. The predicted octanol–water partition coefficient (Wildman–Crippen LogP) is 1.47. The molecule has 0 spiro atoms. The van der Waals surface area contributed by atoms with Crippen molar-refractivity contribution in [1.82, 2.24) is 10.2 Å². The van der Waals surface area contributed by atoms with Gasteiger partial charge in [-0.3, -0.25) is 14.4 Å². The number of nitrogens with zero attached hydrogens (tertiary/aromatic N) is 1. The molecule has 1 aromatic carbocycles. The molecule has 1 aliphatic heterocycles. The fourth-order valence-electron chi connectivity index (χ4n) is 2.84. The molecule has 0 aromatic heterocycles. The Hall–Kier alpha value is -2.21. The van der Waals surface area contributed by atoms with Crippen molar-refractivity contribution in [3.8, 4) is 0 Å². The van der Waals surface area contributed by atoms with Crippen LogP contribution in [0, 0.1) is 11.8 Å². The molecule has 2 rings (SSSR count). The van der Waals surface area contributed by atoms with E-state index in [1.165, 1.54) is 11.8 Å². The van der Waals surface area contributed by atoms with Crippen molar-refractivity contribution in [3.63, 3.8) is 0 Å². The number of fused-ring (bicyclic) bond motifs is 1. The number of amides is 2. The van der Waals surface area contributed by atoms with E-state index in [1.54, 1.807) is 45.2 Å². The number of likely N-dealkylation sites (N-methyl/N-ethyl adjacent to an activating group) is 1. The van der Waals surface area contributed by atoms with E-state index in [0.717, 1.165) is 5.56 Å². The van der Waals surface area contributed by atoms with Gasteiger partial charge in [0.1, 0.15) is 12.1 Å². The first-order valence-corrected chi connectivity index (χ1v) is 8.77. The van der Waals surface area contributed by atoms with Crippen molar-refractivity contribution in [2.45, 2.75) is 45.7 Å². The summed E-state index contributed by atoms with van der Waals surface area (Å²) >= 11 is 0. The first kappa shape index (κ1) is 17.2. The Kier molecular flexibility index (Phi) is 5.59. The third-order valence-corrected chi connectivity index (χ3v) is 4.59. The van der Waals surface area contributed by atoms with Crippen molar-refractivity contribution in [1.29, 1.82) is 0 Å². The van der Waals surface area contributed by atoms with Crippen LogP contribution in [0.5, 0.6) is 0 Å². The number of hydrogen-bond acceptors (Lipinski definition) is 4. The number of benzene rings is 1. The lowest BCUT2D eigenvalue weighted by Crippen LogP contribution is -2.43. The number of ketones is 1. The van der Waals surface area contributed by atoms with Gasteiger partial charge in [-0.25, -0.2) is 0 Å². The highest BCUT2D eigenvalue weighted by molar-refractivity contribution is 5.92. The smallest absolute Gasteiger partial charge is 0.249 e. The molecule has 0 aliphatic carbocycles. The average Bonchev–Trinajstić information content (AvgIpc) is 2.72. The molecule has 26 heavy (non-hydrogen) atoms. The third kappa shape index (κ3) is 4.49. The van der Waals surface area contributed by atoms with Crippen LogP contribution in [-0.2, 0) is 20.8 Å². The lowest BCUT2D eigenvalue weighted by Gasteiger charge is -2.24. The Balaban J connectivity index is 2.32. The minimum Gasteiger partial charge on any atom is -0.385 e. The minimum absolute atomic E-state index is 0.335. The number of carbonyl (C=O) groups excluding carboxylic acids is 3. The third-order valence-electron chi connectivity index (χ3n) is 4.59. The van der Waals surface area contributed by atoms with Gasteiger partial charge in [0.2, 0.25) is 11.8 Å². The first-order valence-electron chi connectivity index (χ1n) is 9.77. The predicted molar refractivity (Wildman–Crippen MR) is 98.3 cm³/mol. The molecule has 6 nitrogen and oxygen atoms in total. The van der Waals surface area contributed by atoms with E-state index in [-0.39, 0.29) is 5.92 Å². The maximum Gasteiger partial charge on any atom is 0.249 e. The van der Waals surface area contributed by atoms with Crippen LogP contribution in [0.1, 0.15) is 47.1 Å². The normalized spacial score (nSPS) is 24.7. The molecule has 0 radical (unpaired) electrons. The summed E-state index contributed by atoms with van der Waals surface area (Å²) in [4.78, 5) is 39.2. The van der Waals surface area contributed by atoms with Gasteiger partial charge in [0.25, 0.3) is 0 Å². The van der Waals surface area contributed by atoms with E-state index >= 15 is 0 Å². The monoisotopic (exact) mass is 362 g/mol. The Morgan fingerprint density at radius 3 is 2.69 bits per heavy atom. The second-order valence-electron chi connectivity index (χ2n) is 7.08. The number of rotatable bonds is 6. The van der Waals surface area contributed by atoms with E-state index < -0.39 is 42.0 Å². The zero-order valence-electron chi connectivity index (χ0n) is 17.7. The second-order valence-corrected chi connectivity index (χ2v) is 7.08. The molecule has 2 N–H and O–H groups in total. The minimum atomic E-state index is -2.08. The first-order chi connectivity index (χ1) is 12.9. The molecule has 3 atom stereocenters. The average molecular weight is 362 g/mol. The van der Waals surface area contributed by atoms with E-state index in [4.69, 9.17) is 2.74 Å². The molecule has 0 bridgehead atoms. The quantitative estimate of drug-likeness (QED) is 0.802. The van der Waals surface area contributed by atoms with E-state index in [2.05, 4.69) is 5.32 Å². The topological polar surface area (TPSA) is 86.7 Å². The highest BCUT2D eigenvalue weighted by Crippen LogP contribution is 2.25. The molecule has 1 aromatic rings. The number of carbonyl (C=O) groups is 3. The second kappa shape index (κ2) is 8.45. The van der Waals surface area contributed by atoms with Crippen molar-refractivity contribution in [3.05, 3.63) is 35.4 Å². The molecule has 0 saturated carbocycles. The van der Waals surface area contributed by atoms with E-state index in [9.17, 15) is 19.5 Å². The van der Waals surface area contributed by atoms with Crippen molar-refractivity contribution in [2.75, 3.05) is 13.6 Å². The fourth-order valence-corrected chi connectivity index (χ4v) is 2.84. The van der Waals surface area contributed by atoms with Crippen LogP contribution in [0.3, 0.4) is 0 Å². The molecule has 1 aliphatic rings. The molecule has 142 valence electrons. The SMILES string of the molecule is [2H][C@@](C)(CC(=O)[C@@H](O)C(C)C)C(=O)N[C@]1([2H])C(=O)N(C)CCc2ccccc21. The van der Waals surface area contributed by atoms with Crippen LogP contribution >= 0.6 is 0 Å². The van der Waals surface area contributed by atoms with Crippen LogP contribution in [-0.4, -0.2) is 47.3 Å². The molecule has 6 heteroatoms. The summed E-state index contributed by atoms with van der Waals surface area (Å²) in [5, 5.41) is 12.3. The summed E-state index contributed by atoms with van der Waals surface area (Å²) in [6, 6.07) is 4.84. The Labute approximate surface area is 157 Å². The van der Waals surface area contributed by atoms with Gasteiger partial charge in [-0.1, -0.05) is 45.0 Å². The molecule has 0 unspecified atom stereocenters. The zero-order valence-corrected chi connectivity index (χ0v) is 15.7. The molecule has 0 saturated heterocycles. The summed E-state index contributed by atoms with van der Waals surface area (Å²) in [6.07, 6.45) is -1.24. The van der Waals surface area contributed by atoms with Crippen molar-refractivity contribution >= 4 is 17.6 Å². The van der Waals surface area contributed by atoms with Gasteiger partial charge in [0.15, 0.2) is 5.78 Å². The molecule has 2 amide bonds. The maximum atomic E-state index is 12.9. The van der Waals surface area contributed by atoms with Crippen molar-refractivity contribution < 1.29 is 22.2 Å². The van der Waals surface area contributed by atoms with Gasteiger partial charge >= 0.3 is 0 Å². The summed E-state index contributed by atoms with van der Waals surface area (Å²) < 4.78 is 17.1. The van der Waals surface area contributed by atoms with Gasteiger partial charge in [-0.2, -0.15) is 0 Å². The van der Waals surface area contributed by atoms with Crippen LogP contribution in [0.15, 0.2) is 24.3 Å². The highest BCUT2D eigenvalue weighted by atomic mass is 16.3. The number of aliphatic hydroxyl groups excluding tert-OH is 1. The fraction of sp³-hybridized carbons (Fsp3) is 0.550. The maximum absolute atomic E-state index is 12.9. The summed E-state index contributed by atoms with van der Waals surface area (Å²) in [6.45, 7) is 4.98. The largest absolute Gasteiger partial charge is 0.385 e. The number of aliphatic hydroxyl groups is 1. The van der Waals surface area contributed by atoms with Crippen LogP contribution in [0.4, 0.5) is 0 Å².